The van der Waals surface area contributed by atoms with Crippen molar-refractivity contribution in [2.75, 3.05) is 18.8 Å². The number of piperidine rings is 3. The Morgan fingerprint density at radius 2 is 2.08 bits per heavy atom. The van der Waals surface area contributed by atoms with E-state index in [4.69, 9.17) is 5.73 Å². The second-order valence-electron chi connectivity index (χ2n) is 6.73. The van der Waals surface area contributed by atoms with Gasteiger partial charge in [-0.2, -0.15) is 0 Å². The third kappa shape index (κ3) is 2.70. The van der Waals surface area contributed by atoms with Crippen LogP contribution in [0.25, 0.3) is 10.6 Å². The highest BCUT2D eigenvalue weighted by molar-refractivity contribution is 7.17. The summed E-state index contributed by atoms with van der Waals surface area (Å²) < 4.78 is 0. The first-order chi connectivity index (χ1) is 11.6. The molecule has 1 aromatic carbocycles. The largest absolute Gasteiger partial charge is 0.398 e. The van der Waals surface area contributed by atoms with Gasteiger partial charge in [-0.15, -0.1) is 11.3 Å². The Hall–Kier alpha value is -1.92. The van der Waals surface area contributed by atoms with E-state index in [2.05, 4.69) is 22.1 Å². The molecule has 4 heterocycles. The van der Waals surface area contributed by atoms with Gasteiger partial charge in [0.25, 0.3) is 5.91 Å². The summed E-state index contributed by atoms with van der Waals surface area (Å²) in [6.45, 7) is 4.55. The molecule has 3 fully saturated rings. The predicted molar refractivity (Wildman–Crippen MR) is 97.0 cm³/mol. The molecule has 0 unspecified atom stereocenters. The van der Waals surface area contributed by atoms with Gasteiger partial charge in [-0.1, -0.05) is 12.1 Å². The van der Waals surface area contributed by atoms with Gasteiger partial charge in [0.05, 0.1) is 6.20 Å². The molecule has 24 heavy (non-hydrogen) atoms. The van der Waals surface area contributed by atoms with E-state index in [0.717, 1.165) is 23.7 Å². The van der Waals surface area contributed by atoms with Crippen molar-refractivity contribution in [3.63, 3.8) is 0 Å². The number of hydrogen-bond donors (Lipinski definition) is 2. The molecule has 3 N–H and O–H groups in total. The van der Waals surface area contributed by atoms with Gasteiger partial charge in [0.1, 0.15) is 9.88 Å². The van der Waals surface area contributed by atoms with Gasteiger partial charge in [-0.3, -0.25) is 9.69 Å². The van der Waals surface area contributed by atoms with Crippen LogP contribution in [0.3, 0.4) is 0 Å². The zero-order valence-electron chi connectivity index (χ0n) is 13.7. The minimum absolute atomic E-state index is 0.0150. The van der Waals surface area contributed by atoms with Crippen molar-refractivity contribution in [2.24, 2.45) is 5.92 Å². The number of anilines is 1. The molecule has 2 bridgehead atoms. The minimum Gasteiger partial charge on any atom is -0.398 e. The lowest BCUT2D eigenvalue weighted by Gasteiger charge is -2.49. The van der Waals surface area contributed by atoms with Crippen LogP contribution in [-0.4, -0.2) is 41.0 Å². The molecule has 2 atom stereocenters. The molecule has 3 saturated heterocycles. The highest BCUT2D eigenvalue weighted by atomic mass is 32.1. The average Bonchev–Trinajstić information content (AvgIpc) is 3.09. The molecule has 1 aromatic heterocycles. The van der Waals surface area contributed by atoms with E-state index >= 15 is 0 Å². The summed E-state index contributed by atoms with van der Waals surface area (Å²) in [5.41, 5.74) is 7.58. The first-order valence-electron chi connectivity index (χ1n) is 8.49. The number of amides is 1. The first kappa shape index (κ1) is 15.6. The summed E-state index contributed by atoms with van der Waals surface area (Å²) in [6, 6.07) is 8.28. The monoisotopic (exact) mass is 342 g/mol. The molecular formula is C18H22N4OS. The lowest BCUT2D eigenvalue weighted by Crippen LogP contribution is -2.62. The van der Waals surface area contributed by atoms with E-state index in [0.29, 0.717) is 22.5 Å². The van der Waals surface area contributed by atoms with Crippen LogP contribution in [0.5, 0.6) is 0 Å². The Kier molecular flexibility index (Phi) is 4.02. The molecular weight excluding hydrogens is 320 g/mol. The fourth-order valence-corrected chi connectivity index (χ4v) is 4.83. The minimum atomic E-state index is -0.0150. The van der Waals surface area contributed by atoms with Crippen LogP contribution in [0.15, 0.2) is 30.5 Å². The Bertz CT molecular complexity index is 749. The normalized spacial score (nSPS) is 28.7. The van der Waals surface area contributed by atoms with Crippen LogP contribution in [0.1, 0.15) is 29.4 Å². The van der Waals surface area contributed by atoms with E-state index in [1.807, 2.05) is 24.3 Å². The Balaban J connectivity index is 1.51. The number of nitrogen functional groups attached to an aromatic ring is 1. The SMILES string of the molecule is C[C@@H]1[C@H](NC(=O)c2cnc(-c3ccccc3N)s2)C2CCN1CC2. The number of nitrogens with two attached hydrogens (primary N) is 1. The number of para-hydroxylation sites is 1. The van der Waals surface area contributed by atoms with E-state index in [9.17, 15) is 4.79 Å². The topological polar surface area (TPSA) is 71.2 Å². The van der Waals surface area contributed by atoms with Gasteiger partial charge in [0.2, 0.25) is 0 Å². The number of nitrogens with one attached hydrogen (secondary N) is 1. The van der Waals surface area contributed by atoms with Crippen LogP contribution >= 0.6 is 11.3 Å². The summed E-state index contributed by atoms with van der Waals surface area (Å²) in [4.78, 5) is 20.2. The van der Waals surface area contributed by atoms with Gasteiger partial charge in [0.15, 0.2) is 0 Å². The predicted octanol–water partition coefficient (Wildman–Crippen LogP) is 2.60. The fourth-order valence-electron chi connectivity index (χ4n) is 3.96. The zero-order chi connectivity index (χ0) is 16.7. The highest BCUT2D eigenvalue weighted by Gasteiger charge is 2.40. The Morgan fingerprint density at radius 1 is 1.33 bits per heavy atom. The maximum absolute atomic E-state index is 12.7. The second kappa shape index (κ2) is 6.18. The summed E-state index contributed by atoms with van der Waals surface area (Å²) in [7, 11) is 0. The summed E-state index contributed by atoms with van der Waals surface area (Å²) in [6.07, 6.45) is 4.03. The van der Waals surface area contributed by atoms with Crippen molar-refractivity contribution in [1.82, 2.24) is 15.2 Å². The van der Waals surface area contributed by atoms with Crippen molar-refractivity contribution < 1.29 is 4.79 Å². The van der Waals surface area contributed by atoms with Crippen molar-refractivity contribution in [1.29, 1.82) is 0 Å². The van der Waals surface area contributed by atoms with E-state index < -0.39 is 0 Å². The summed E-state index contributed by atoms with van der Waals surface area (Å²) in [5.74, 6) is 0.588. The Morgan fingerprint density at radius 3 is 2.79 bits per heavy atom. The quantitative estimate of drug-likeness (QED) is 0.841. The molecule has 5 nitrogen and oxygen atoms in total. The lowest BCUT2D eigenvalue weighted by molar-refractivity contribution is 0.0218. The van der Waals surface area contributed by atoms with Gasteiger partial charge < -0.3 is 11.1 Å². The van der Waals surface area contributed by atoms with Crippen LogP contribution < -0.4 is 11.1 Å². The summed E-state index contributed by atoms with van der Waals surface area (Å²) >= 11 is 1.40. The van der Waals surface area contributed by atoms with Crippen LogP contribution in [0.4, 0.5) is 5.69 Å². The van der Waals surface area contributed by atoms with Crippen molar-refractivity contribution in [3.8, 4) is 10.6 Å². The molecule has 6 heteroatoms. The number of fused-ring (bicyclic) bond motifs is 3. The molecule has 126 valence electrons. The van der Waals surface area contributed by atoms with Gasteiger partial charge in [-0.05, 0) is 50.9 Å². The number of benzene rings is 1. The van der Waals surface area contributed by atoms with E-state index in [1.54, 1.807) is 6.20 Å². The molecule has 1 amide bonds. The third-order valence-electron chi connectivity index (χ3n) is 5.40. The van der Waals surface area contributed by atoms with Gasteiger partial charge >= 0.3 is 0 Å². The second-order valence-corrected chi connectivity index (χ2v) is 7.76. The van der Waals surface area contributed by atoms with Gasteiger partial charge in [0, 0.05) is 23.3 Å². The average molecular weight is 342 g/mol. The molecule has 0 saturated carbocycles. The fraction of sp³-hybridized carbons (Fsp3) is 0.444. The lowest BCUT2D eigenvalue weighted by atomic mass is 9.79. The standard InChI is InChI=1S/C18H22N4OS/c1-11-16(12-6-8-22(11)9-7-12)21-17(23)15-10-20-18(24-15)13-4-2-3-5-14(13)19/h2-5,10-12,16H,6-9,19H2,1H3,(H,21,23)/t11-,16+/m1/s1. The van der Waals surface area contributed by atoms with Crippen molar-refractivity contribution >= 4 is 22.9 Å². The number of aromatic nitrogens is 1. The highest BCUT2D eigenvalue weighted by Crippen LogP contribution is 2.33. The number of thiazole rings is 1. The smallest absolute Gasteiger partial charge is 0.263 e. The van der Waals surface area contributed by atoms with Crippen molar-refractivity contribution in [3.05, 3.63) is 35.3 Å². The molecule has 0 radical (unpaired) electrons. The van der Waals surface area contributed by atoms with E-state index in [-0.39, 0.29) is 11.9 Å². The van der Waals surface area contributed by atoms with Crippen LogP contribution in [0, 0.1) is 5.92 Å². The number of nitrogens with zero attached hydrogens (tertiary/aromatic N) is 2. The number of carbonyl (C=O) groups excluding carboxylic acids is 1. The maximum atomic E-state index is 12.7. The first-order valence-corrected chi connectivity index (χ1v) is 9.31. The number of carbonyl (C=O) groups is 1. The third-order valence-corrected chi connectivity index (χ3v) is 6.43. The van der Waals surface area contributed by atoms with Crippen LogP contribution in [-0.2, 0) is 0 Å². The molecule has 2 aromatic rings. The van der Waals surface area contributed by atoms with Gasteiger partial charge in [-0.25, -0.2) is 4.98 Å². The molecule has 3 aliphatic heterocycles. The summed E-state index contributed by atoms with van der Waals surface area (Å²) in [5, 5.41) is 4.05. The Labute approximate surface area is 145 Å². The van der Waals surface area contributed by atoms with Crippen LogP contribution in [0.2, 0.25) is 0 Å². The maximum Gasteiger partial charge on any atom is 0.263 e. The molecule has 3 aliphatic rings. The number of rotatable bonds is 3. The van der Waals surface area contributed by atoms with Crippen molar-refractivity contribution in [2.45, 2.75) is 31.8 Å². The van der Waals surface area contributed by atoms with E-state index in [1.165, 1.54) is 24.2 Å². The molecule has 5 rings (SSSR count). The molecule has 0 aliphatic carbocycles. The zero-order valence-corrected chi connectivity index (χ0v) is 14.6. The molecule has 0 spiro atoms. The number of hydrogen-bond acceptors (Lipinski definition) is 5.